The van der Waals surface area contributed by atoms with E-state index in [0.29, 0.717) is 25.4 Å². The van der Waals surface area contributed by atoms with Crippen LogP contribution < -0.4 is 10.6 Å². The van der Waals surface area contributed by atoms with E-state index in [1.165, 1.54) is 11.1 Å². The standard InChI is InChI=1S/C24H31N3O2/c1-18-5-9-20(10-6-18)16-25-23(28)14-11-21-4-3-15-27(17-21)24(29)26-22-12-7-19(2)8-13-22/h5-10,12-13,21H,3-4,11,14-17H2,1-2H3,(H,25,28)(H,26,29)/t21-/m1/s1. The van der Waals surface area contributed by atoms with Crippen molar-refractivity contribution in [3.63, 3.8) is 0 Å². The van der Waals surface area contributed by atoms with Crippen LogP contribution in [-0.2, 0) is 11.3 Å². The molecule has 0 aliphatic carbocycles. The molecule has 1 fully saturated rings. The monoisotopic (exact) mass is 393 g/mol. The lowest BCUT2D eigenvalue weighted by Crippen LogP contribution is -2.42. The van der Waals surface area contributed by atoms with Gasteiger partial charge in [-0.05, 0) is 56.7 Å². The van der Waals surface area contributed by atoms with Crippen LogP contribution in [0, 0.1) is 19.8 Å². The Balaban J connectivity index is 1.40. The van der Waals surface area contributed by atoms with Crippen molar-refractivity contribution in [2.24, 2.45) is 5.92 Å². The molecule has 2 N–H and O–H groups in total. The van der Waals surface area contributed by atoms with Crippen molar-refractivity contribution < 1.29 is 9.59 Å². The van der Waals surface area contributed by atoms with Crippen molar-refractivity contribution in [3.8, 4) is 0 Å². The third kappa shape index (κ3) is 6.63. The molecule has 2 aromatic rings. The number of nitrogens with zero attached hydrogens (tertiary/aromatic N) is 1. The average molecular weight is 394 g/mol. The minimum absolute atomic E-state index is 0.0534. The number of likely N-dealkylation sites (tertiary alicyclic amines) is 1. The maximum atomic E-state index is 12.6. The molecule has 0 bridgehead atoms. The number of piperidine rings is 1. The molecule has 0 saturated carbocycles. The summed E-state index contributed by atoms with van der Waals surface area (Å²) in [7, 11) is 0. The molecule has 1 atom stereocenters. The minimum atomic E-state index is -0.0534. The van der Waals surface area contributed by atoms with Gasteiger partial charge in [0.15, 0.2) is 0 Å². The van der Waals surface area contributed by atoms with E-state index in [0.717, 1.165) is 37.1 Å². The molecule has 5 heteroatoms. The van der Waals surface area contributed by atoms with Gasteiger partial charge in [0, 0.05) is 31.7 Å². The van der Waals surface area contributed by atoms with Crippen molar-refractivity contribution in [1.29, 1.82) is 0 Å². The van der Waals surface area contributed by atoms with Gasteiger partial charge in [0.05, 0.1) is 0 Å². The first kappa shape index (κ1) is 20.9. The lowest BCUT2D eigenvalue weighted by Gasteiger charge is -2.32. The zero-order valence-electron chi connectivity index (χ0n) is 17.4. The van der Waals surface area contributed by atoms with Crippen LogP contribution in [0.3, 0.4) is 0 Å². The second-order valence-electron chi connectivity index (χ2n) is 8.05. The number of anilines is 1. The van der Waals surface area contributed by atoms with E-state index in [4.69, 9.17) is 0 Å². The number of amides is 3. The van der Waals surface area contributed by atoms with Crippen molar-refractivity contribution in [2.45, 2.75) is 46.1 Å². The quantitative estimate of drug-likeness (QED) is 0.751. The summed E-state index contributed by atoms with van der Waals surface area (Å²) in [4.78, 5) is 26.6. The molecular formula is C24H31N3O2. The summed E-state index contributed by atoms with van der Waals surface area (Å²) in [5.41, 5.74) is 4.31. The highest BCUT2D eigenvalue weighted by Crippen LogP contribution is 2.22. The summed E-state index contributed by atoms with van der Waals surface area (Å²) in [6, 6.07) is 16.0. The zero-order chi connectivity index (χ0) is 20.6. The number of carbonyl (C=O) groups excluding carboxylic acids is 2. The lowest BCUT2D eigenvalue weighted by atomic mass is 9.93. The predicted octanol–water partition coefficient (Wildman–Crippen LogP) is 4.64. The Morgan fingerprint density at radius 3 is 2.34 bits per heavy atom. The van der Waals surface area contributed by atoms with E-state index in [2.05, 4.69) is 29.7 Å². The highest BCUT2D eigenvalue weighted by molar-refractivity contribution is 5.89. The Morgan fingerprint density at radius 2 is 1.66 bits per heavy atom. The van der Waals surface area contributed by atoms with Gasteiger partial charge in [-0.3, -0.25) is 4.79 Å². The number of urea groups is 1. The SMILES string of the molecule is Cc1ccc(CNC(=O)CC[C@H]2CCCN(C(=O)Nc3ccc(C)cc3)C2)cc1. The van der Waals surface area contributed by atoms with Crippen molar-refractivity contribution in [1.82, 2.24) is 10.2 Å². The average Bonchev–Trinajstić information content (AvgIpc) is 2.73. The maximum absolute atomic E-state index is 12.6. The molecular weight excluding hydrogens is 362 g/mol. The Morgan fingerprint density at radius 1 is 1.00 bits per heavy atom. The highest BCUT2D eigenvalue weighted by atomic mass is 16.2. The molecule has 154 valence electrons. The first-order chi connectivity index (χ1) is 14.0. The van der Waals surface area contributed by atoms with Gasteiger partial charge in [-0.15, -0.1) is 0 Å². The summed E-state index contributed by atoms with van der Waals surface area (Å²) >= 11 is 0. The molecule has 5 nitrogen and oxygen atoms in total. The minimum Gasteiger partial charge on any atom is -0.352 e. The van der Waals surface area contributed by atoms with Gasteiger partial charge in [-0.2, -0.15) is 0 Å². The normalized spacial score (nSPS) is 16.3. The fourth-order valence-corrected chi connectivity index (χ4v) is 3.65. The predicted molar refractivity (Wildman–Crippen MR) is 117 cm³/mol. The fourth-order valence-electron chi connectivity index (χ4n) is 3.65. The van der Waals surface area contributed by atoms with Crippen LogP contribution in [0.1, 0.15) is 42.4 Å². The molecule has 1 aliphatic rings. The van der Waals surface area contributed by atoms with Crippen LogP contribution in [0.2, 0.25) is 0 Å². The number of hydrogen-bond donors (Lipinski definition) is 2. The summed E-state index contributed by atoms with van der Waals surface area (Å²) in [6.45, 7) is 6.13. The molecule has 29 heavy (non-hydrogen) atoms. The van der Waals surface area contributed by atoms with E-state index in [1.807, 2.05) is 48.2 Å². The van der Waals surface area contributed by atoms with Gasteiger partial charge in [0.1, 0.15) is 0 Å². The lowest BCUT2D eigenvalue weighted by molar-refractivity contribution is -0.121. The summed E-state index contributed by atoms with van der Waals surface area (Å²) < 4.78 is 0. The third-order valence-electron chi connectivity index (χ3n) is 5.50. The molecule has 3 amide bonds. The summed E-state index contributed by atoms with van der Waals surface area (Å²) in [5, 5.41) is 5.97. The Bertz CT molecular complexity index is 815. The van der Waals surface area contributed by atoms with Gasteiger partial charge >= 0.3 is 6.03 Å². The topological polar surface area (TPSA) is 61.4 Å². The van der Waals surface area contributed by atoms with Crippen molar-refractivity contribution in [2.75, 3.05) is 18.4 Å². The zero-order valence-corrected chi connectivity index (χ0v) is 17.4. The number of aryl methyl sites for hydroxylation is 2. The first-order valence-electron chi connectivity index (χ1n) is 10.4. The molecule has 2 aromatic carbocycles. The van der Waals surface area contributed by atoms with Crippen LogP contribution >= 0.6 is 0 Å². The molecule has 1 heterocycles. The summed E-state index contributed by atoms with van der Waals surface area (Å²) in [6.07, 6.45) is 3.37. The fraction of sp³-hybridized carbons (Fsp3) is 0.417. The van der Waals surface area contributed by atoms with E-state index in [1.54, 1.807) is 0 Å². The second kappa shape index (κ2) is 10.1. The molecule has 1 saturated heterocycles. The number of nitrogens with one attached hydrogen (secondary N) is 2. The van der Waals surface area contributed by atoms with Crippen LogP contribution in [0.15, 0.2) is 48.5 Å². The Hall–Kier alpha value is -2.82. The highest BCUT2D eigenvalue weighted by Gasteiger charge is 2.24. The molecule has 0 radical (unpaired) electrons. The van der Waals surface area contributed by atoms with Gasteiger partial charge in [-0.1, -0.05) is 47.5 Å². The molecule has 0 spiro atoms. The summed E-state index contributed by atoms with van der Waals surface area (Å²) in [5.74, 6) is 0.449. The van der Waals surface area contributed by atoms with Crippen molar-refractivity contribution >= 4 is 17.6 Å². The van der Waals surface area contributed by atoms with E-state index < -0.39 is 0 Å². The van der Waals surface area contributed by atoms with Crippen molar-refractivity contribution in [3.05, 3.63) is 65.2 Å². The Labute approximate surface area is 173 Å². The maximum Gasteiger partial charge on any atom is 0.321 e. The van der Waals surface area contributed by atoms with E-state index in [9.17, 15) is 9.59 Å². The van der Waals surface area contributed by atoms with Gasteiger partial charge in [0.25, 0.3) is 0 Å². The number of carbonyl (C=O) groups is 2. The largest absolute Gasteiger partial charge is 0.352 e. The van der Waals surface area contributed by atoms with Crippen LogP contribution in [-0.4, -0.2) is 29.9 Å². The molecule has 3 rings (SSSR count). The second-order valence-corrected chi connectivity index (χ2v) is 8.05. The van der Waals surface area contributed by atoms with E-state index in [-0.39, 0.29) is 11.9 Å². The molecule has 1 aliphatic heterocycles. The van der Waals surface area contributed by atoms with Crippen LogP contribution in [0.25, 0.3) is 0 Å². The van der Waals surface area contributed by atoms with Gasteiger partial charge in [0.2, 0.25) is 5.91 Å². The van der Waals surface area contributed by atoms with Crippen LogP contribution in [0.4, 0.5) is 10.5 Å². The molecule has 0 unspecified atom stereocenters. The number of benzene rings is 2. The van der Waals surface area contributed by atoms with E-state index >= 15 is 0 Å². The van der Waals surface area contributed by atoms with Gasteiger partial charge < -0.3 is 15.5 Å². The van der Waals surface area contributed by atoms with Gasteiger partial charge in [-0.25, -0.2) is 4.79 Å². The Kier molecular flexibility index (Phi) is 7.28. The molecule has 0 aromatic heterocycles. The van der Waals surface area contributed by atoms with Crippen LogP contribution in [0.5, 0.6) is 0 Å². The number of rotatable bonds is 6. The number of hydrogen-bond acceptors (Lipinski definition) is 2. The third-order valence-corrected chi connectivity index (χ3v) is 5.50. The first-order valence-corrected chi connectivity index (χ1v) is 10.4. The smallest absolute Gasteiger partial charge is 0.321 e.